The zero-order chi connectivity index (χ0) is 18.5. The Labute approximate surface area is 153 Å². The Kier molecular flexibility index (Phi) is 6.89. The first-order valence-corrected chi connectivity index (χ1v) is 9.37. The molecule has 25 heavy (non-hydrogen) atoms. The van der Waals surface area contributed by atoms with Crippen molar-refractivity contribution in [2.45, 2.75) is 65.1 Å². The Bertz CT molecular complexity index is 535. The van der Waals surface area contributed by atoms with Crippen LogP contribution in [0.2, 0.25) is 0 Å². The van der Waals surface area contributed by atoms with Crippen molar-refractivity contribution in [3.63, 3.8) is 0 Å². The highest BCUT2D eigenvalue weighted by Gasteiger charge is 2.51. The Hall–Kier alpha value is -1.11. The maximum Gasteiger partial charge on any atom is 0.496 e. The summed E-state index contributed by atoms with van der Waals surface area (Å²) in [4.78, 5) is 4.31. The largest absolute Gasteiger partial charge is 0.496 e. The van der Waals surface area contributed by atoms with Crippen molar-refractivity contribution >= 4 is 12.6 Å². The van der Waals surface area contributed by atoms with E-state index in [1.54, 1.807) is 12.4 Å². The van der Waals surface area contributed by atoms with E-state index in [2.05, 4.69) is 44.9 Å². The third kappa shape index (κ3) is 5.19. The van der Waals surface area contributed by atoms with Crippen LogP contribution in [0.3, 0.4) is 0 Å². The highest BCUT2D eigenvalue weighted by molar-refractivity contribution is 6.62. The van der Waals surface area contributed by atoms with Crippen LogP contribution in [0, 0.1) is 5.92 Å². The van der Waals surface area contributed by atoms with Gasteiger partial charge in [0.2, 0.25) is 0 Å². The van der Waals surface area contributed by atoms with Gasteiger partial charge in [0, 0.05) is 11.7 Å². The molecule has 1 saturated heterocycles. The second-order valence-corrected chi connectivity index (χ2v) is 7.90. The van der Waals surface area contributed by atoms with Gasteiger partial charge in [-0.1, -0.05) is 13.3 Å². The van der Waals surface area contributed by atoms with Crippen molar-refractivity contribution in [3.05, 3.63) is 18.5 Å². The van der Waals surface area contributed by atoms with E-state index in [1.165, 1.54) is 12.8 Å². The van der Waals surface area contributed by atoms with Crippen molar-refractivity contribution in [2.75, 3.05) is 20.2 Å². The number of ether oxygens (including phenoxy) is 1. The fourth-order valence-corrected chi connectivity index (χ4v) is 2.90. The molecule has 1 aromatic rings. The Morgan fingerprint density at radius 1 is 1.16 bits per heavy atom. The maximum absolute atomic E-state index is 6.10. The summed E-state index contributed by atoms with van der Waals surface area (Å²) in [6.07, 6.45) is 7.01. The van der Waals surface area contributed by atoms with Gasteiger partial charge in [-0.15, -0.1) is 0 Å². The van der Waals surface area contributed by atoms with E-state index >= 15 is 0 Å². The van der Waals surface area contributed by atoms with Gasteiger partial charge in [-0.3, -0.25) is 4.98 Å². The number of pyridine rings is 1. The van der Waals surface area contributed by atoms with Crippen LogP contribution in [0.4, 0.5) is 0 Å². The Morgan fingerprint density at radius 2 is 1.84 bits per heavy atom. The van der Waals surface area contributed by atoms with E-state index in [-0.39, 0.29) is 11.2 Å². The molecule has 0 radical (unpaired) electrons. The highest BCUT2D eigenvalue weighted by atomic mass is 16.7. The second-order valence-electron chi connectivity index (χ2n) is 7.90. The smallest absolute Gasteiger partial charge is 0.492 e. The fraction of sp³-hybridized carbons (Fsp3) is 0.737. The Morgan fingerprint density at radius 3 is 2.44 bits per heavy atom. The van der Waals surface area contributed by atoms with Gasteiger partial charge in [0.1, 0.15) is 5.75 Å². The monoisotopic (exact) mass is 348 g/mol. The molecule has 0 aliphatic carbocycles. The molecule has 2 rings (SSSR count). The van der Waals surface area contributed by atoms with Crippen molar-refractivity contribution in [2.24, 2.45) is 5.92 Å². The van der Waals surface area contributed by atoms with Crippen LogP contribution < -0.4 is 15.5 Å². The number of aromatic nitrogens is 1. The summed E-state index contributed by atoms with van der Waals surface area (Å²) in [5.74, 6) is 1.33. The van der Waals surface area contributed by atoms with E-state index in [1.807, 2.05) is 13.1 Å². The number of hydrogen-bond acceptors (Lipinski definition) is 5. The molecular weight excluding hydrogens is 315 g/mol. The molecule has 0 saturated carbocycles. The molecule has 1 aliphatic heterocycles. The molecule has 1 N–H and O–H groups in total. The molecule has 1 aromatic heterocycles. The van der Waals surface area contributed by atoms with E-state index in [9.17, 15) is 0 Å². The topological polar surface area (TPSA) is 52.6 Å². The first kappa shape index (κ1) is 20.2. The van der Waals surface area contributed by atoms with Gasteiger partial charge in [-0.25, -0.2) is 0 Å². The van der Waals surface area contributed by atoms with Crippen LogP contribution in [0.5, 0.6) is 5.75 Å². The van der Waals surface area contributed by atoms with Crippen LogP contribution in [0.25, 0.3) is 0 Å². The molecule has 0 amide bonds. The average Bonchev–Trinajstić information content (AvgIpc) is 2.78. The van der Waals surface area contributed by atoms with Gasteiger partial charge < -0.3 is 19.4 Å². The van der Waals surface area contributed by atoms with E-state index < -0.39 is 7.12 Å². The van der Waals surface area contributed by atoms with Crippen LogP contribution in [-0.2, 0) is 9.31 Å². The SMILES string of the molecule is CCCC(CCNC)COc1cncc(B2OC(C)(C)C(C)(C)O2)c1. The van der Waals surface area contributed by atoms with Crippen LogP contribution in [-0.4, -0.2) is 43.5 Å². The minimum atomic E-state index is -0.406. The van der Waals surface area contributed by atoms with Gasteiger partial charge in [-0.05, 0) is 66.1 Å². The molecule has 1 fully saturated rings. The molecule has 6 heteroatoms. The summed E-state index contributed by atoms with van der Waals surface area (Å²) in [6.45, 7) is 12.2. The summed E-state index contributed by atoms with van der Waals surface area (Å²) in [5.41, 5.74) is 0.195. The third-order valence-corrected chi connectivity index (χ3v) is 5.24. The summed E-state index contributed by atoms with van der Waals surface area (Å²) in [5, 5.41) is 3.22. The summed E-state index contributed by atoms with van der Waals surface area (Å²) in [6, 6.07) is 1.98. The minimum Gasteiger partial charge on any atom is -0.492 e. The maximum atomic E-state index is 6.10. The standard InChI is InChI=1S/C19H33BN2O3/c1-7-8-15(9-10-21-6)14-23-17-11-16(12-22-13-17)20-24-18(2,3)19(4,5)25-20/h11-13,15,21H,7-10,14H2,1-6H3. The zero-order valence-corrected chi connectivity index (χ0v) is 16.6. The predicted octanol–water partition coefficient (Wildman–Crippen LogP) is 2.79. The van der Waals surface area contributed by atoms with Crippen molar-refractivity contribution < 1.29 is 14.0 Å². The van der Waals surface area contributed by atoms with Crippen molar-refractivity contribution in [1.82, 2.24) is 10.3 Å². The molecule has 140 valence electrons. The normalized spacial score (nSPS) is 19.8. The van der Waals surface area contributed by atoms with Crippen molar-refractivity contribution in [3.8, 4) is 5.75 Å². The predicted molar refractivity (Wildman–Crippen MR) is 102 cm³/mol. The van der Waals surface area contributed by atoms with Gasteiger partial charge in [-0.2, -0.15) is 0 Å². The lowest BCUT2D eigenvalue weighted by Crippen LogP contribution is -2.41. The molecule has 0 aromatic carbocycles. The number of hydrogen-bond donors (Lipinski definition) is 1. The highest BCUT2D eigenvalue weighted by Crippen LogP contribution is 2.36. The zero-order valence-electron chi connectivity index (χ0n) is 16.6. The first-order valence-electron chi connectivity index (χ1n) is 9.37. The lowest BCUT2D eigenvalue weighted by molar-refractivity contribution is 0.00578. The molecule has 5 nitrogen and oxygen atoms in total. The van der Waals surface area contributed by atoms with Crippen LogP contribution >= 0.6 is 0 Å². The molecule has 1 atom stereocenters. The van der Waals surface area contributed by atoms with Crippen molar-refractivity contribution in [1.29, 1.82) is 0 Å². The molecule has 0 bridgehead atoms. The summed E-state index contributed by atoms with van der Waals surface area (Å²) >= 11 is 0. The van der Waals surface area contributed by atoms with Gasteiger partial charge in [0.25, 0.3) is 0 Å². The number of nitrogens with one attached hydrogen (secondary N) is 1. The van der Waals surface area contributed by atoms with Crippen LogP contribution in [0.1, 0.15) is 53.9 Å². The molecule has 2 heterocycles. The van der Waals surface area contributed by atoms with E-state index in [4.69, 9.17) is 14.0 Å². The molecule has 0 spiro atoms. The molecular formula is C19H33BN2O3. The summed E-state index contributed by atoms with van der Waals surface area (Å²) in [7, 11) is 1.58. The lowest BCUT2D eigenvalue weighted by Gasteiger charge is -2.32. The van der Waals surface area contributed by atoms with E-state index in [0.717, 1.165) is 24.2 Å². The third-order valence-electron chi connectivity index (χ3n) is 5.24. The minimum absolute atomic E-state index is 0.353. The quantitative estimate of drug-likeness (QED) is 0.696. The second kappa shape index (κ2) is 8.52. The Balaban J connectivity index is 1.99. The molecule has 1 aliphatic rings. The first-order chi connectivity index (χ1) is 11.8. The fourth-order valence-electron chi connectivity index (χ4n) is 2.90. The molecule has 1 unspecified atom stereocenters. The van der Waals surface area contributed by atoms with Gasteiger partial charge in [0.05, 0.1) is 24.0 Å². The summed E-state index contributed by atoms with van der Waals surface area (Å²) < 4.78 is 18.2. The lowest BCUT2D eigenvalue weighted by atomic mass is 9.80. The van der Waals surface area contributed by atoms with Gasteiger partial charge in [0.15, 0.2) is 0 Å². The average molecular weight is 348 g/mol. The number of nitrogens with zero attached hydrogens (tertiary/aromatic N) is 1. The van der Waals surface area contributed by atoms with E-state index in [0.29, 0.717) is 12.5 Å². The van der Waals surface area contributed by atoms with Crippen LogP contribution in [0.15, 0.2) is 18.5 Å². The van der Waals surface area contributed by atoms with Gasteiger partial charge >= 0.3 is 7.12 Å². The number of rotatable bonds is 9.